The third-order valence-electron chi connectivity index (χ3n) is 2.66. The number of carbonyl (C=O) groups excluding carboxylic acids is 2. The predicted octanol–water partition coefficient (Wildman–Crippen LogP) is 2.68. The Labute approximate surface area is 125 Å². The molecule has 22 heavy (non-hydrogen) atoms. The Balaban J connectivity index is 2.73. The van der Waals surface area contributed by atoms with Gasteiger partial charge in [0.05, 0.1) is 0 Å². The molecule has 0 aliphatic heterocycles. The van der Waals surface area contributed by atoms with Crippen molar-refractivity contribution in [1.82, 2.24) is 5.32 Å². The summed E-state index contributed by atoms with van der Waals surface area (Å²) in [5.74, 6) is -1.32. The van der Waals surface area contributed by atoms with Gasteiger partial charge in [-0.25, -0.2) is 0 Å². The van der Waals surface area contributed by atoms with E-state index in [1.807, 2.05) is 0 Å². The Hall–Kier alpha value is -2.25. The van der Waals surface area contributed by atoms with Crippen molar-refractivity contribution in [3.05, 3.63) is 24.3 Å². The molecule has 1 aromatic rings. The Morgan fingerprint density at radius 3 is 2.09 bits per heavy atom. The molecule has 0 aliphatic carbocycles. The summed E-state index contributed by atoms with van der Waals surface area (Å²) >= 11 is 0. The molecule has 1 rings (SSSR count). The van der Waals surface area contributed by atoms with E-state index in [9.17, 15) is 22.8 Å². The standard InChI is InChI=1S/C14H17F3N2O3/c1-8(2)12(18-9(3)20)13(21)19-10-4-6-11(7-5-10)22-14(15,16)17/h4-8,12H,1-3H3,(H,18,20)(H,19,21)/t12-/m1/s1. The van der Waals surface area contributed by atoms with Crippen molar-refractivity contribution >= 4 is 17.5 Å². The van der Waals surface area contributed by atoms with Gasteiger partial charge in [0.1, 0.15) is 11.8 Å². The van der Waals surface area contributed by atoms with Gasteiger partial charge in [-0.1, -0.05) is 13.8 Å². The lowest BCUT2D eigenvalue weighted by Crippen LogP contribution is -2.46. The molecule has 0 aromatic heterocycles. The lowest BCUT2D eigenvalue weighted by molar-refractivity contribution is -0.274. The summed E-state index contributed by atoms with van der Waals surface area (Å²) in [4.78, 5) is 23.1. The average Bonchev–Trinajstić information content (AvgIpc) is 2.36. The number of hydrogen-bond acceptors (Lipinski definition) is 3. The fourth-order valence-corrected chi connectivity index (χ4v) is 1.71. The minimum Gasteiger partial charge on any atom is -0.406 e. The number of alkyl halides is 3. The number of benzene rings is 1. The zero-order valence-electron chi connectivity index (χ0n) is 12.3. The predicted molar refractivity (Wildman–Crippen MR) is 74.2 cm³/mol. The van der Waals surface area contributed by atoms with Crippen LogP contribution in [0.25, 0.3) is 0 Å². The normalized spacial score (nSPS) is 12.7. The fraction of sp³-hybridized carbons (Fsp3) is 0.429. The molecule has 0 saturated heterocycles. The van der Waals surface area contributed by atoms with Crippen LogP contribution in [-0.4, -0.2) is 24.2 Å². The number of hydrogen-bond donors (Lipinski definition) is 2. The van der Waals surface area contributed by atoms with Crippen LogP contribution in [0.5, 0.6) is 5.75 Å². The minimum absolute atomic E-state index is 0.142. The van der Waals surface area contributed by atoms with Crippen LogP contribution < -0.4 is 15.4 Å². The second-order valence-electron chi connectivity index (χ2n) is 4.98. The molecule has 0 saturated carbocycles. The van der Waals surface area contributed by atoms with Gasteiger partial charge in [-0.05, 0) is 30.2 Å². The third kappa shape index (κ3) is 6.02. The van der Waals surface area contributed by atoms with E-state index in [1.165, 1.54) is 19.1 Å². The molecule has 2 amide bonds. The first-order valence-electron chi connectivity index (χ1n) is 6.52. The monoisotopic (exact) mass is 318 g/mol. The largest absolute Gasteiger partial charge is 0.573 e. The first-order valence-corrected chi connectivity index (χ1v) is 6.52. The molecule has 0 unspecified atom stereocenters. The zero-order chi connectivity index (χ0) is 16.9. The van der Waals surface area contributed by atoms with Crippen molar-refractivity contribution in [1.29, 1.82) is 0 Å². The van der Waals surface area contributed by atoms with Gasteiger partial charge >= 0.3 is 6.36 Å². The number of anilines is 1. The molecular weight excluding hydrogens is 301 g/mol. The third-order valence-corrected chi connectivity index (χ3v) is 2.66. The molecule has 122 valence electrons. The summed E-state index contributed by atoms with van der Waals surface area (Å²) in [5.41, 5.74) is 0.301. The molecule has 0 heterocycles. The van der Waals surface area contributed by atoms with E-state index in [4.69, 9.17) is 0 Å². The highest BCUT2D eigenvalue weighted by Gasteiger charge is 2.31. The van der Waals surface area contributed by atoms with E-state index in [0.717, 1.165) is 12.1 Å². The van der Waals surface area contributed by atoms with Gasteiger partial charge in [-0.2, -0.15) is 0 Å². The summed E-state index contributed by atoms with van der Waals surface area (Å²) in [6.45, 7) is 4.83. The average molecular weight is 318 g/mol. The van der Waals surface area contributed by atoms with Crippen LogP contribution in [0.3, 0.4) is 0 Å². The van der Waals surface area contributed by atoms with E-state index in [2.05, 4.69) is 15.4 Å². The van der Waals surface area contributed by atoms with Crippen molar-refractivity contribution in [3.63, 3.8) is 0 Å². The van der Waals surface area contributed by atoms with Crippen molar-refractivity contribution in [3.8, 4) is 5.75 Å². The number of carbonyl (C=O) groups is 2. The zero-order valence-corrected chi connectivity index (χ0v) is 12.3. The van der Waals surface area contributed by atoms with Crippen molar-refractivity contribution < 1.29 is 27.5 Å². The van der Waals surface area contributed by atoms with E-state index in [1.54, 1.807) is 13.8 Å². The second-order valence-corrected chi connectivity index (χ2v) is 4.98. The Morgan fingerprint density at radius 1 is 1.14 bits per heavy atom. The Bertz CT molecular complexity index is 527. The van der Waals surface area contributed by atoms with E-state index in [0.29, 0.717) is 5.69 Å². The fourth-order valence-electron chi connectivity index (χ4n) is 1.71. The van der Waals surface area contributed by atoms with Crippen LogP contribution in [-0.2, 0) is 9.59 Å². The van der Waals surface area contributed by atoms with Crippen LogP contribution in [0, 0.1) is 5.92 Å². The smallest absolute Gasteiger partial charge is 0.406 e. The molecule has 5 nitrogen and oxygen atoms in total. The molecule has 0 radical (unpaired) electrons. The number of ether oxygens (including phenoxy) is 1. The molecule has 0 aliphatic rings. The minimum atomic E-state index is -4.76. The van der Waals surface area contributed by atoms with Gasteiger partial charge in [0.15, 0.2) is 0 Å². The molecule has 2 N–H and O–H groups in total. The van der Waals surface area contributed by atoms with Crippen molar-refractivity contribution in [2.75, 3.05) is 5.32 Å². The van der Waals surface area contributed by atoms with Crippen LogP contribution in [0.2, 0.25) is 0 Å². The van der Waals surface area contributed by atoms with E-state index in [-0.39, 0.29) is 17.6 Å². The second kappa shape index (κ2) is 7.15. The lowest BCUT2D eigenvalue weighted by atomic mass is 10.0. The molecule has 8 heteroatoms. The highest BCUT2D eigenvalue weighted by atomic mass is 19.4. The maximum absolute atomic E-state index is 12.1. The quantitative estimate of drug-likeness (QED) is 0.877. The van der Waals surface area contributed by atoms with Crippen LogP contribution in [0.15, 0.2) is 24.3 Å². The van der Waals surface area contributed by atoms with Gasteiger partial charge < -0.3 is 15.4 Å². The van der Waals surface area contributed by atoms with Crippen molar-refractivity contribution in [2.24, 2.45) is 5.92 Å². The van der Waals surface area contributed by atoms with Gasteiger partial charge in [0.25, 0.3) is 0 Å². The highest BCUT2D eigenvalue weighted by molar-refractivity contribution is 5.97. The highest BCUT2D eigenvalue weighted by Crippen LogP contribution is 2.24. The number of halogens is 3. The molecular formula is C14H17F3N2O3. The van der Waals surface area contributed by atoms with E-state index < -0.39 is 18.3 Å². The number of amides is 2. The van der Waals surface area contributed by atoms with Gasteiger partial charge in [-0.15, -0.1) is 13.2 Å². The molecule has 0 spiro atoms. The van der Waals surface area contributed by atoms with Crippen LogP contribution in [0.1, 0.15) is 20.8 Å². The first-order chi connectivity index (χ1) is 10.1. The summed E-state index contributed by atoms with van der Waals surface area (Å²) < 4.78 is 39.8. The molecule has 0 bridgehead atoms. The first kappa shape index (κ1) is 17.8. The number of rotatable bonds is 5. The van der Waals surface area contributed by atoms with Gasteiger partial charge in [-0.3, -0.25) is 9.59 Å². The van der Waals surface area contributed by atoms with Gasteiger partial charge in [0.2, 0.25) is 11.8 Å². The Morgan fingerprint density at radius 2 is 1.68 bits per heavy atom. The summed E-state index contributed by atoms with van der Waals surface area (Å²) in [6.07, 6.45) is -4.76. The number of nitrogens with one attached hydrogen (secondary N) is 2. The maximum atomic E-state index is 12.1. The van der Waals surface area contributed by atoms with Gasteiger partial charge in [0, 0.05) is 12.6 Å². The summed E-state index contributed by atoms with van der Waals surface area (Å²) in [5, 5.41) is 5.05. The lowest BCUT2D eigenvalue weighted by Gasteiger charge is -2.21. The topological polar surface area (TPSA) is 67.4 Å². The van der Waals surface area contributed by atoms with Crippen molar-refractivity contribution in [2.45, 2.75) is 33.2 Å². The Kier molecular flexibility index (Phi) is 5.78. The SMILES string of the molecule is CC(=O)N[C@@H](C(=O)Nc1ccc(OC(F)(F)F)cc1)C(C)C. The summed E-state index contributed by atoms with van der Waals surface area (Å²) in [6, 6.07) is 4.01. The molecule has 0 fully saturated rings. The molecule has 1 aromatic carbocycles. The maximum Gasteiger partial charge on any atom is 0.573 e. The van der Waals surface area contributed by atoms with E-state index >= 15 is 0 Å². The van der Waals surface area contributed by atoms with Crippen LogP contribution in [0.4, 0.5) is 18.9 Å². The summed E-state index contributed by atoms with van der Waals surface area (Å²) in [7, 11) is 0. The van der Waals surface area contributed by atoms with Crippen LogP contribution >= 0.6 is 0 Å². The molecule has 1 atom stereocenters.